The molecule has 2 saturated heterocycles. The lowest BCUT2D eigenvalue weighted by Gasteiger charge is -2.37. The maximum atomic E-state index is 14.8. The third-order valence-corrected chi connectivity index (χ3v) is 13.9. The van der Waals surface area contributed by atoms with E-state index in [1.54, 1.807) is 37.4 Å². The Bertz CT molecular complexity index is 2570. The van der Waals surface area contributed by atoms with Crippen molar-refractivity contribution >= 4 is 40.5 Å². The van der Waals surface area contributed by atoms with E-state index in [-0.39, 0.29) is 43.4 Å². The van der Waals surface area contributed by atoms with Crippen molar-refractivity contribution in [1.82, 2.24) is 40.0 Å². The van der Waals surface area contributed by atoms with E-state index in [0.717, 1.165) is 50.1 Å². The van der Waals surface area contributed by atoms with Crippen LogP contribution in [0.25, 0.3) is 33.3 Å². The van der Waals surface area contributed by atoms with Crippen molar-refractivity contribution < 1.29 is 33.4 Å². The second-order valence-corrected chi connectivity index (χ2v) is 20.4. The third kappa shape index (κ3) is 11.4. The number of fused-ring (bicyclic) bond motifs is 6. The molecule has 2 aromatic heterocycles. The number of hydrazine groups is 1. The van der Waals surface area contributed by atoms with Gasteiger partial charge in [0, 0.05) is 87.5 Å². The Hall–Kier alpha value is -5.90. The van der Waals surface area contributed by atoms with Crippen molar-refractivity contribution in [3.8, 4) is 22.4 Å². The summed E-state index contributed by atoms with van der Waals surface area (Å²) in [6.45, 7) is 14.6. The van der Waals surface area contributed by atoms with Crippen LogP contribution < -0.4 is 10.7 Å². The Labute approximate surface area is 407 Å². The van der Waals surface area contributed by atoms with Gasteiger partial charge in [0.05, 0.1) is 30.0 Å². The molecule has 5 heterocycles. The van der Waals surface area contributed by atoms with Crippen LogP contribution in [-0.2, 0) is 52.8 Å². The van der Waals surface area contributed by atoms with Gasteiger partial charge in [0.1, 0.15) is 18.1 Å². The van der Waals surface area contributed by atoms with Gasteiger partial charge in [-0.15, -0.1) is 0 Å². The molecular weight excluding hydrogens is 873 g/mol. The van der Waals surface area contributed by atoms with E-state index in [0.29, 0.717) is 51.9 Å². The highest BCUT2D eigenvalue weighted by molar-refractivity contribution is 5.96. The number of nitrogens with zero attached hydrogens (tertiary/aromatic N) is 6. The molecule has 0 aliphatic carbocycles. The third-order valence-electron chi connectivity index (χ3n) is 13.9. The minimum Gasteiger partial charge on any atom is -0.464 e. The Morgan fingerprint density at radius 2 is 1.78 bits per heavy atom. The van der Waals surface area contributed by atoms with Gasteiger partial charge in [-0.05, 0) is 106 Å². The molecule has 0 spiro atoms. The summed E-state index contributed by atoms with van der Waals surface area (Å²) in [4.78, 5) is 80.3. The Morgan fingerprint density at radius 1 is 1.01 bits per heavy atom. The second-order valence-electron chi connectivity index (χ2n) is 20.4. The molecule has 15 nitrogen and oxygen atoms in total. The number of aromatic nitrogens is 2. The molecule has 15 heteroatoms. The number of methoxy groups -OCH3 is 1. The first kappa shape index (κ1) is 51.0. The quantitative estimate of drug-likeness (QED) is 0.124. The number of carbonyl (C=O) groups is 5. The zero-order valence-corrected chi connectivity index (χ0v) is 42.2. The standard InChI is InChI=1S/C54H72N8O7/c1-11-61-45-22-21-38-30-41(45)42(49(61)40-18-13-24-55-47(40)35(4)68-10)31-54(5,6)33-69-53(67)43-19-14-26-62(57-43)52(66)44(29-36-16-12-17-37(38)28-36)56-50(64)48(34(2)3)59(9)51(65)39-23-27-60(32-39)46(63)20-15-25-58(7)8/h12-13,15-18,20-22,24,28,30,34-35,39,43-44,48,57H,11,14,19,23,25-27,29,31-33H2,1-10H3,(H,56,64)/b20-15+/t35-,39-,43-,44-,48?/m0/s1. The largest absolute Gasteiger partial charge is 0.464 e. The van der Waals surface area contributed by atoms with Gasteiger partial charge in [-0.1, -0.05) is 64.1 Å². The molecule has 3 aliphatic heterocycles. The average molecular weight is 945 g/mol. The molecule has 7 rings (SSSR count). The number of nitrogens with one attached hydrogen (secondary N) is 2. The molecule has 4 aromatic rings. The molecular formula is C54H72N8O7. The minimum absolute atomic E-state index is 0.136. The van der Waals surface area contributed by atoms with Gasteiger partial charge in [0.15, 0.2) is 0 Å². The van der Waals surface area contributed by atoms with Crippen LogP contribution in [0, 0.1) is 17.3 Å². The lowest BCUT2D eigenvalue weighted by molar-refractivity contribution is -0.155. The fraction of sp³-hybridized carbons (Fsp3) is 0.519. The fourth-order valence-corrected chi connectivity index (χ4v) is 10.2. The molecule has 370 valence electrons. The molecule has 1 unspecified atom stereocenters. The number of carbonyl (C=O) groups excluding carboxylic acids is 5. The summed E-state index contributed by atoms with van der Waals surface area (Å²) in [5, 5.41) is 5.60. The lowest BCUT2D eigenvalue weighted by atomic mass is 9.84. The first-order valence-corrected chi connectivity index (χ1v) is 24.5. The molecule has 69 heavy (non-hydrogen) atoms. The number of ether oxygens (including phenoxy) is 2. The highest BCUT2D eigenvalue weighted by atomic mass is 16.5. The van der Waals surface area contributed by atoms with Crippen LogP contribution in [0.3, 0.4) is 0 Å². The maximum Gasteiger partial charge on any atom is 0.324 e. The van der Waals surface area contributed by atoms with Gasteiger partial charge in [-0.25, -0.2) is 5.43 Å². The number of cyclic esters (lactones) is 1. The summed E-state index contributed by atoms with van der Waals surface area (Å²) < 4.78 is 14.3. The number of pyridine rings is 1. The Morgan fingerprint density at radius 3 is 2.51 bits per heavy atom. The van der Waals surface area contributed by atoms with Crippen molar-refractivity contribution in [2.24, 2.45) is 17.3 Å². The van der Waals surface area contributed by atoms with E-state index in [4.69, 9.17) is 14.5 Å². The lowest BCUT2D eigenvalue weighted by Crippen LogP contribution is -2.62. The first-order chi connectivity index (χ1) is 32.9. The van der Waals surface area contributed by atoms with Crippen LogP contribution in [-0.4, -0.2) is 138 Å². The van der Waals surface area contributed by atoms with Crippen molar-refractivity contribution in [1.29, 1.82) is 0 Å². The zero-order chi connectivity index (χ0) is 49.7. The van der Waals surface area contributed by atoms with Gasteiger partial charge >= 0.3 is 5.97 Å². The topological polar surface area (TPSA) is 159 Å². The summed E-state index contributed by atoms with van der Waals surface area (Å²) >= 11 is 0. The maximum absolute atomic E-state index is 14.8. The first-order valence-electron chi connectivity index (χ1n) is 24.5. The second kappa shape index (κ2) is 21.8. The zero-order valence-electron chi connectivity index (χ0n) is 42.2. The highest BCUT2D eigenvalue weighted by Crippen LogP contribution is 2.42. The monoisotopic (exact) mass is 945 g/mol. The van der Waals surface area contributed by atoms with E-state index in [1.807, 2.05) is 58.0 Å². The van der Waals surface area contributed by atoms with Gasteiger partial charge in [0.25, 0.3) is 5.91 Å². The van der Waals surface area contributed by atoms with Gasteiger partial charge in [0.2, 0.25) is 17.7 Å². The van der Waals surface area contributed by atoms with E-state index in [1.165, 1.54) is 9.91 Å². The van der Waals surface area contributed by atoms with Crippen LogP contribution in [0.15, 0.2) is 72.9 Å². The average Bonchev–Trinajstić information content (AvgIpc) is 3.95. The molecule has 5 atom stereocenters. The summed E-state index contributed by atoms with van der Waals surface area (Å²) in [5.74, 6) is -2.45. The number of aryl methyl sites for hydroxylation is 1. The number of hydrogen-bond donors (Lipinski definition) is 2. The SMILES string of the molecule is CCn1c(-c2cccnc2[C@H](C)OC)c2c3cc(ccc31)-c1cccc(c1)C[C@H](NC(=O)C(C(C)C)N(C)C(=O)[C@H]1CCN(C(=O)/C=C/CN(C)C)C1)C(=O)N1CCC[C@H](N1)C(=O)OCC(C)(C)C2. The normalized spacial score (nSPS) is 20.8. The number of rotatable bonds is 12. The van der Waals surface area contributed by atoms with E-state index < -0.39 is 47.2 Å². The Balaban J connectivity index is 1.24. The minimum atomic E-state index is -1.05. The molecule has 6 bridgehead atoms. The van der Waals surface area contributed by atoms with Crippen LogP contribution >= 0.6 is 0 Å². The van der Waals surface area contributed by atoms with E-state index in [2.05, 4.69) is 72.5 Å². The van der Waals surface area contributed by atoms with Crippen molar-refractivity contribution in [3.05, 3.63) is 89.8 Å². The van der Waals surface area contributed by atoms with Crippen LogP contribution in [0.5, 0.6) is 0 Å². The highest BCUT2D eigenvalue weighted by Gasteiger charge is 2.40. The van der Waals surface area contributed by atoms with Gasteiger partial charge in [-0.2, -0.15) is 0 Å². The smallest absolute Gasteiger partial charge is 0.324 e. The van der Waals surface area contributed by atoms with Crippen LogP contribution in [0.1, 0.15) is 83.7 Å². The van der Waals surface area contributed by atoms with Gasteiger partial charge < -0.3 is 34.1 Å². The number of esters is 1. The fourth-order valence-electron chi connectivity index (χ4n) is 10.2. The predicted molar refractivity (Wildman–Crippen MR) is 267 cm³/mol. The predicted octanol–water partition coefficient (Wildman–Crippen LogP) is 6.20. The molecule has 2 fully saturated rings. The Kier molecular flexibility index (Phi) is 16.1. The number of benzene rings is 2. The van der Waals surface area contributed by atoms with Crippen LogP contribution in [0.2, 0.25) is 0 Å². The summed E-state index contributed by atoms with van der Waals surface area (Å²) in [7, 11) is 7.17. The summed E-state index contributed by atoms with van der Waals surface area (Å²) in [5.41, 5.74) is 10.5. The van der Waals surface area contributed by atoms with Crippen molar-refractivity contribution in [3.63, 3.8) is 0 Å². The molecule has 2 N–H and O–H groups in total. The molecule has 0 saturated carbocycles. The number of hydrogen-bond acceptors (Lipinski definition) is 10. The van der Waals surface area contributed by atoms with E-state index in [9.17, 15) is 24.0 Å². The molecule has 2 aromatic carbocycles. The summed E-state index contributed by atoms with van der Waals surface area (Å²) in [6, 6.07) is 15.9. The van der Waals surface area contributed by atoms with Crippen LogP contribution in [0.4, 0.5) is 0 Å². The molecule has 3 aliphatic rings. The van der Waals surface area contributed by atoms with Crippen molar-refractivity contribution in [2.45, 2.75) is 104 Å². The summed E-state index contributed by atoms with van der Waals surface area (Å²) in [6.07, 6.45) is 7.14. The van der Waals surface area contributed by atoms with E-state index >= 15 is 0 Å². The van der Waals surface area contributed by atoms with Gasteiger partial charge in [-0.3, -0.25) is 34.0 Å². The number of amides is 4. The van der Waals surface area contributed by atoms with Crippen molar-refractivity contribution in [2.75, 3.05) is 61.0 Å². The number of likely N-dealkylation sites (tertiary alicyclic amines) is 1. The molecule has 0 radical (unpaired) electrons. The number of likely N-dealkylation sites (N-methyl/N-ethyl adjacent to an activating group) is 2. The molecule has 4 amide bonds.